The summed E-state index contributed by atoms with van der Waals surface area (Å²) in [6, 6.07) is 12.7. The molecule has 0 fully saturated rings. The maximum absolute atomic E-state index is 12.6. The standard InChI is InChI=1S/C19H18BrN3O4S/c1-11(17(24)21-15-10-14(25-2)8-9-16(15)26-3)28-19-23-22-18(27-19)12-4-6-13(20)7-5-12/h4-11H,1-3H3,(H,21,24). The summed E-state index contributed by atoms with van der Waals surface area (Å²) in [5, 5.41) is 10.8. The van der Waals surface area contributed by atoms with Gasteiger partial charge in [-0.3, -0.25) is 4.79 Å². The predicted octanol–water partition coefficient (Wildman–Crippen LogP) is 4.64. The highest BCUT2D eigenvalue weighted by molar-refractivity contribution is 9.10. The molecule has 0 radical (unpaired) electrons. The second-order valence-electron chi connectivity index (χ2n) is 5.70. The van der Waals surface area contributed by atoms with E-state index < -0.39 is 5.25 Å². The smallest absolute Gasteiger partial charge is 0.277 e. The van der Waals surface area contributed by atoms with Crippen molar-refractivity contribution in [2.45, 2.75) is 17.4 Å². The van der Waals surface area contributed by atoms with Gasteiger partial charge in [0, 0.05) is 16.1 Å². The first kappa shape index (κ1) is 20.2. The molecule has 1 heterocycles. The summed E-state index contributed by atoms with van der Waals surface area (Å²) in [7, 11) is 3.10. The van der Waals surface area contributed by atoms with Crippen molar-refractivity contribution in [2.75, 3.05) is 19.5 Å². The third-order valence-electron chi connectivity index (χ3n) is 3.81. The highest BCUT2D eigenvalue weighted by atomic mass is 79.9. The zero-order chi connectivity index (χ0) is 20.1. The van der Waals surface area contributed by atoms with Crippen molar-refractivity contribution in [3.63, 3.8) is 0 Å². The third-order valence-corrected chi connectivity index (χ3v) is 5.27. The molecular weight excluding hydrogens is 446 g/mol. The number of aromatic nitrogens is 2. The Morgan fingerprint density at radius 1 is 1.14 bits per heavy atom. The molecule has 28 heavy (non-hydrogen) atoms. The molecule has 9 heteroatoms. The van der Waals surface area contributed by atoms with Crippen LogP contribution in [0.1, 0.15) is 6.92 Å². The summed E-state index contributed by atoms with van der Waals surface area (Å²) in [6.45, 7) is 1.76. The van der Waals surface area contributed by atoms with Crippen LogP contribution < -0.4 is 14.8 Å². The van der Waals surface area contributed by atoms with E-state index in [-0.39, 0.29) is 5.91 Å². The largest absolute Gasteiger partial charge is 0.497 e. The maximum Gasteiger partial charge on any atom is 0.277 e. The van der Waals surface area contributed by atoms with Crippen molar-refractivity contribution >= 4 is 39.3 Å². The van der Waals surface area contributed by atoms with Gasteiger partial charge in [0.1, 0.15) is 11.5 Å². The summed E-state index contributed by atoms with van der Waals surface area (Å²) < 4.78 is 17.1. The van der Waals surface area contributed by atoms with Crippen molar-refractivity contribution in [2.24, 2.45) is 0 Å². The lowest BCUT2D eigenvalue weighted by Crippen LogP contribution is -2.22. The average molecular weight is 464 g/mol. The van der Waals surface area contributed by atoms with E-state index in [0.717, 1.165) is 10.0 Å². The van der Waals surface area contributed by atoms with Crippen LogP contribution in [0.3, 0.4) is 0 Å². The van der Waals surface area contributed by atoms with Crippen molar-refractivity contribution in [1.29, 1.82) is 0 Å². The van der Waals surface area contributed by atoms with Gasteiger partial charge in [0.05, 0.1) is 25.2 Å². The molecule has 1 amide bonds. The van der Waals surface area contributed by atoms with Gasteiger partial charge in [0.25, 0.3) is 5.22 Å². The Kier molecular flexibility index (Phi) is 6.58. The molecule has 0 saturated carbocycles. The Morgan fingerprint density at radius 3 is 2.57 bits per heavy atom. The van der Waals surface area contributed by atoms with Gasteiger partial charge in [-0.2, -0.15) is 0 Å². The molecule has 7 nitrogen and oxygen atoms in total. The number of benzene rings is 2. The van der Waals surface area contributed by atoms with Crippen molar-refractivity contribution < 1.29 is 18.7 Å². The van der Waals surface area contributed by atoms with Crippen LogP contribution in [0.2, 0.25) is 0 Å². The Bertz CT molecular complexity index is 962. The van der Waals surface area contributed by atoms with E-state index in [1.54, 1.807) is 32.2 Å². The molecule has 0 saturated heterocycles. The van der Waals surface area contributed by atoms with E-state index in [0.29, 0.717) is 28.3 Å². The van der Waals surface area contributed by atoms with Crippen LogP contribution in [0.5, 0.6) is 11.5 Å². The number of ether oxygens (including phenoxy) is 2. The number of nitrogens with one attached hydrogen (secondary N) is 1. The molecule has 2 aromatic carbocycles. The molecule has 1 unspecified atom stereocenters. The number of carbonyl (C=O) groups is 1. The fourth-order valence-electron chi connectivity index (χ4n) is 2.32. The van der Waals surface area contributed by atoms with E-state index in [9.17, 15) is 4.79 Å². The monoisotopic (exact) mass is 463 g/mol. The highest BCUT2D eigenvalue weighted by Crippen LogP contribution is 2.31. The van der Waals surface area contributed by atoms with Crippen molar-refractivity contribution in [3.8, 4) is 23.0 Å². The summed E-state index contributed by atoms with van der Waals surface area (Å²) in [6.07, 6.45) is 0. The molecule has 0 aliphatic heterocycles. The van der Waals surface area contributed by atoms with Crippen LogP contribution in [0.25, 0.3) is 11.5 Å². The fourth-order valence-corrected chi connectivity index (χ4v) is 3.27. The summed E-state index contributed by atoms with van der Waals surface area (Å²) >= 11 is 4.57. The number of hydrogen-bond donors (Lipinski definition) is 1. The fraction of sp³-hybridized carbons (Fsp3) is 0.211. The van der Waals surface area contributed by atoms with E-state index >= 15 is 0 Å². The Balaban J connectivity index is 1.67. The first-order chi connectivity index (χ1) is 13.5. The molecular formula is C19H18BrN3O4S. The molecule has 0 aliphatic carbocycles. The molecule has 1 aromatic heterocycles. The number of thioether (sulfide) groups is 1. The Morgan fingerprint density at radius 2 is 1.89 bits per heavy atom. The van der Waals surface area contributed by atoms with Gasteiger partial charge < -0.3 is 19.2 Å². The number of anilines is 1. The Labute approximate surface area is 175 Å². The summed E-state index contributed by atoms with van der Waals surface area (Å²) in [4.78, 5) is 12.6. The lowest BCUT2D eigenvalue weighted by molar-refractivity contribution is -0.115. The number of methoxy groups -OCH3 is 2. The second-order valence-corrected chi connectivity index (χ2v) is 7.90. The molecule has 0 bridgehead atoms. The summed E-state index contributed by atoms with van der Waals surface area (Å²) in [5.41, 5.74) is 1.33. The van der Waals surface area contributed by atoms with Gasteiger partial charge in [-0.05, 0) is 43.3 Å². The minimum atomic E-state index is -0.464. The van der Waals surface area contributed by atoms with Crippen LogP contribution in [-0.2, 0) is 4.79 Å². The second kappa shape index (κ2) is 9.11. The molecule has 146 valence electrons. The van der Waals surface area contributed by atoms with Gasteiger partial charge >= 0.3 is 0 Å². The third kappa shape index (κ3) is 4.85. The average Bonchev–Trinajstić information content (AvgIpc) is 3.16. The maximum atomic E-state index is 12.6. The van der Waals surface area contributed by atoms with E-state index in [1.807, 2.05) is 24.3 Å². The number of rotatable bonds is 7. The molecule has 0 aliphatic rings. The lowest BCUT2D eigenvalue weighted by Gasteiger charge is -2.14. The Hall–Kier alpha value is -2.52. The normalized spacial score (nSPS) is 11.7. The predicted molar refractivity (Wildman–Crippen MR) is 111 cm³/mol. The number of hydrogen-bond acceptors (Lipinski definition) is 7. The van der Waals surface area contributed by atoms with Gasteiger partial charge in [-0.15, -0.1) is 10.2 Å². The number of carbonyl (C=O) groups excluding carboxylic acids is 1. The lowest BCUT2D eigenvalue weighted by atomic mass is 10.2. The van der Waals surface area contributed by atoms with Crippen LogP contribution in [0.15, 0.2) is 56.6 Å². The van der Waals surface area contributed by atoms with Gasteiger partial charge in [-0.1, -0.05) is 27.7 Å². The summed E-state index contributed by atoms with van der Waals surface area (Å²) in [5.74, 6) is 1.34. The van der Waals surface area contributed by atoms with Crippen molar-refractivity contribution in [1.82, 2.24) is 10.2 Å². The molecule has 3 rings (SSSR count). The number of amides is 1. The number of halogens is 1. The number of nitrogens with zero attached hydrogens (tertiary/aromatic N) is 2. The topological polar surface area (TPSA) is 86.5 Å². The first-order valence-electron chi connectivity index (χ1n) is 8.29. The first-order valence-corrected chi connectivity index (χ1v) is 9.96. The van der Waals surface area contributed by atoms with E-state index in [2.05, 4.69) is 31.4 Å². The van der Waals surface area contributed by atoms with E-state index in [4.69, 9.17) is 13.9 Å². The van der Waals surface area contributed by atoms with Gasteiger partial charge in [-0.25, -0.2) is 0 Å². The molecule has 3 aromatic rings. The zero-order valence-corrected chi connectivity index (χ0v) is 17.8. The molecule has 1 atom stereocenters. The minimum Gasteiger partial charge on any atom is -0.497 e. The van der Waals surface area contributed by atoms with Crippen LogP contribution in [0, 0.1) is 0 Å². The van der Waals surface area contributed by atoms with Crippen LogP contribution in [0.4, 0.5) is 5.69 Å². The molecule has 1 N–H and O–H groups in total. The van der Waals surface area contributed by atoms with E-state index in [1.165, 1.54) is 18.9 Å². The zero-order valence-electron chi connectivity index (χ0n) is 15.4. The van der Waals surface area contributed by atoms with Crippen LogP contribution >= 0.6 is 27.7 Å². The molecule has 0 spiro atoms. The van der Waals surface area contributed by atoms with Gasteiger partial charge in [0.2, 0.25) is 11.8 Å². The van der Waals surface area contributed by atoms with Crippen molar-refractivity contribution in [3.05, 3.63) is 46.9 Å². The minimum absolute atomic E-state index is 0.222. The SMILES string of the molecule is COc1ccc(OC)c(NC(=O)C(C)Sc2nnc(-c3ccc(Br)cc3)o2)c1. The van der Waals surface area contributed by atoms with Gasteiger partial charge in [0.15, 0.2) is 0 Å². The van der Waals surface area contributed by atoms with Crippen LogP contribution in [-0.4, -0.2) is 35.6 Å². The quantitative estimate of drug-likeness (QED) is 0.510. The highest BCUT2D eigenvalue weighted by Gasteiger charge is 2.20.